The van der Waals surface area contributed by atoms with Crippen molar-refractivity contribution in [2.24, 2.45) is 5.41 Å². The Balaban J connectivity index is 1.63. The second kappa shape index (κ2) is 10.1. The zero-order chi connectivity index (χ0) is 25.2. The summed E-state index contributed by atoms with van der Waals surface area (Å²) >= 11 is 0. The van der Waals surface area contributed by atoms with Crippen LogP contribution in [0.3, 0.4) is 0 Å². The molecule has 0 saturated carbocycles. The molecule has 1 fully saturated rings. The Morgan fingerprint density at radius 2 is 1.97 bits per heavy atom. The molecule has 1 aliphatic heterocycles. The van der Waals surface area contributed by atoms with Crippen LogP contribution in [0.2, 0.25) is 0 Å². The molecule has 4 rings (SSSR count). The average Bonchev–Trinajstić information content (AvgIpc) is 2.81. The highest BCUT2D eigenvalue weighted by Crippen LogP contribution is 2.48. The first kappa shape index (κ1) is 24.7. The molecule has 0 radical (unpaired) electrons. The number of aromatic nitrogens is 1. The number of methoxy groups -OCH3 is 1. The summed E-state index contributed by atoms with van der Waals surface area (Å²) in [4.78, 5) is 18.4. The molecule has 0 amide bonds. The van der Waals surface area contributed by atoms with Crippen molar-refractivity contribution in [3.8, 4) is 5.75 Å². The van der Waals surface area contributed by atoms with Crippen LogP contribution < -0.4 is 4.74 Å². The van der Waals surface area contributed by atoms with Gasteiger partial charge in [-0.3, -0.25) is 14.7 Å². The molecule has 0 bridgehead atoms. The van der Waals surface area contributed by atoms with Gasteiger partial charge in [0.15, 0.2) is 0 Å². The molecule has 6 nitrogen and oxygen atoms in total. The van der Waals surface area contributed by atoms with E-state index in [4.69, 9.17) is 4.74 Å². The van der Waals surface area contributed by atoms with Crippen LogP contribution in [0.15, 0.2) is 48.7 Å². The topological polar surface area (TPSA) is 82.9 Å². The number of hydrogen-bond acceptors (Lipinski definition) is 5. The van der Waals surface area contributed by atoms with Gasteiger partial charge in [0, 0.05) is 48.7 Å². The third kappa shape index (κ3) is 4.74. The van der Waals surface area contributed by atoms with Crippen molar-refractivity contribution < 1.29 is 32.9 Å². The summed E-state index contributed by atoms with van der Waals surface area (Å²) in [5.41, 5.74) is -0.587. The highest BCUT2D eigenvalue weighted by molar-refractivity contribution is 5.86. The maximum Gasteiger partial charge on any atom is 0.312 e. The van der Waals surface area contributed by atoms with Crippen LogP contribution in [0, 0.1) is 22.9 Å². The molecule has 1 atom stereocenters. The van der Waals surface area contributed by atoms with E-state index in [2.05, 4.69) is 4.98 Å². The summed E-state index contributed by atoms with van der Waals surface area (Å²) in [6.07, 6.45) is 4.17. The number of halogens is 3. The number of benzene rings is 2. The highest BCUT2D eigenvalue weighted by atomic mass is 19.1. The Morgan fingerprint density at radius 1 is 1.20 bits per heavy atom. The number of hydrogen-bond donors (Lipinski definition) is 2. The Hall–Kier alpha value is -3.43. The van der Waals surface area contributed by atoms with Crippen LogP contribution in [-0.4, -0.2) is 59.4 Å². The first-order valence-electron chi connectivity index (χ1n) is 11.1. The molecule has 1 saturated heterocycles. The normalized spacial score (nSPS) is 16.4. The van der Waals surface area contributed by atoms with Crippen molar-refractivity contribution in [1.82, 2.24) is 9.88 Å². The van der Waals surface area contributed by atoms with E-state index in [0.29, 0.717) is 23.2 Å². The van der Waals surface area contributed by atoms with E-state index >= 15 is 4.39 Å². The van der Waals surface area contributed by atoms with Gasteiger partial charge in [0.25, 0.3) is 0 Å². The number of ether oxygens (including phenoxy) is 1. The van der Waals surface area contributed by atoms with Crippen molar-refractivity contribution in [2.45, 2.75) is 12.3 Å². The fourth-order valence-electron chi connectivity index (χ4n) is 4.83. The van der Waals surface area contributed by atoms with E-state index in [1.807, 2.05) is 4.90 Å². The third-order valence-electron chi connectivity index (χ3n) is 6.56. The number of aliphatic hydroxyl groups excluding tert-OH is 1. The lowest BCUT2D eigenvalue weighted by atomic mass is 9.64. The highest BCUT2D eigenvalue weighted by Gasteiger charge is 2.55. The summed E-state index contributed by atoms with van der Waals surface area (Å²) in [6, 6.07) is 8.12. The zero-order valence-corrected chi connectivity index (χ0v) is 19.0. The number of rotatable bonds is 9. The van der Waals surface area contributed by atoms with E-state index in [-0.39, 0.29) is 37.2 Å². The van der Waals surface area contributed by atoms with Crippen molar-refractivity contribution >= 4 is 22.9 Å². The molecular formula is C26H25F3N2O4. The standard InChI is InChI=1S/C26H25F3N2O4/c1-35-18-5-7-23-19(12-18)24(22(29)13-30-23)20(8-10-32)26(25(33)34)14-31(15-26)9-2-3-16-11-17(27)4-6-21(16)28/h2-7,11-13,20,32H,8-10,14-15H2,1H3,(H,33,34). The molecule has 3 aromatic rings. The van der Waals surface area contributed by atoms with Crippen LogP contribution in [0.25, 0.3) is 17.0 Å². The molecule has 0 aliphatic carbocycles. The van der Waals surface area contributed by atoms with Crippen molar-refractivity contribution in [1.29, 1.82) is 0 Å². The van der Waals surface area contributed by atoms with Crippen LogP contribution in [0.4, 0.5) is 13.2 Å². The Morgan fingerprint density at radius 3 is 2.66 bits per heavy atom. The lowest BCUT2D eigenvalue weighted by Crippen LogP contribution is -2.63. The second-order valence-corrected chi connectivity index (χ2v) is 8.67. The van der Waals surface area contributed by atoms with Crippen LogP contribution in [-0.2, 0) is 4.79 Å². The number of carboxylic acid groups (broad SMARTS) is 1. The van der Waals surface area contributed by atoms with Gasteiger partial charge in [-0.2, -0.15) is 0 Å². The molecule has 1 unspecified atom stereocenters. The van der Waals surface area contributed by atoms with Gasteiger partial charge >= 0.3 is 5.97 Å². The molecule has 9 heteroatoms. The molecule has 184 valence electrons. The van der Waals surface area contributed by atoms with E-state index in [9.17, 15) is 23.8 Å². The minimum Gasteiger partial charge on any atom is -0.497 e. The van der Waals surface area contributed by atoms with Gasteiger partial charge in [0.2, 0.25) is 0 Å². The minimum absolute atomic E-state index is 0.0394. The molecule has 0 spiro atoms. The van der Waals surface area contributed by atoms with Gasteiger partial charge in [-0.1, -0.05) is 12.2 Å². The number of aliphatic hydroxyl groups is 1. The van der Waals surface area contributed by atoms with Gasteiger partial charge in [0.05, 0.1) is 18.8 Å². The lowest BCUT2D eigenvalue weighted by Gasteiger charge is -2.51. The first-order chi connectivity index (χ1) is 16.8. The molecule has 2 heterocycles. The largest absolute Gasteiger partial charge is 0.497 e. The Bertz CT molecular complexity index is 1270. The Labute approximate surface area is 200 Å². The SMILES string of the molecule is COc1ccc2ncc(F)c(C(CCO)C3(C(=O)O)CN(CC=Cc4cc(F)ccc4F)C3)c2c1. The number of likely N-dealkylation sites (tertiary alicyclic amines) is 1. The monoisotopic (exact) mass is 486 g/mol. The van der Waals surface area contributed by atoms with E-state index in [0.717, 1.165) is 24.4 Å². The summed E-state index contributed by atoms with van der Waals surface area (Å²) in [6.45, 7) is 0.155. The Kier molecular flexibility index (Phi) is 7.09. The van der Waals surface area contributed by atoms with Crippen LogP contribution >= 0.6 is 0 Å². The quantitative estimate of drug-likeness (QED) is 0.471. The molecule has 35 heavy (non-hydrogen) atoms. The molecular weight excluding hydrogens is 461 g/mol. The fraction of sp³-hybridized carbons (Fsp3) is 0.308. The van der Waals surface area contributed by atoms with Gasteiger partial charge in [-0.05, 0) is 42.8 Å². The summed E-state index contributed by atoms with van der Waals surface area (Å²) < 4.78 is 47.6. The number of aliphatic carboxylic acids is 1. The smallest absolute Gasteiger partial charge is 0.312 e. The summed E-state index contributed by atoms with van der Waals surface area (Å²) in [5.74, 6) is -3.23. The van der Waals surface area contributed by atoms with Crippen molar-refractivity contribution in [3.63, 3.8) is 0 Å². The van der Waals surface area contributed by atoms with E-state index < -0.39 is 34.8 Å². The predicted octanol–water partition coefficient (Wildman–Crippen LogP) is 4.23. The van der Waals surface area contributed by atoms with E-state index in [1.54, 1.807) is 24.3 Å². The van der Waals surface area contributed by atoms with Crippen LogP contribution in [0.5, 0.6) is 5.75 Å². The first-order valence-corrected chi connectivity index (χ1v) is 11.1. The molecule has 1 aliphatic rings. The summed E-state index contributed by atoms with van der Waals surface area (Å²) in [5, 5.41) is 20.4. The number of carbonyl (C=O) groups is 1. The van der Waals surface area contributed by atoms with Gasteiger partial charge < -0.3 is 14.9 Å². The number of fused-ring (bicyclic) bond motifs is 1. The number of pyridine rings is 1. The van der Waals surface area contributed by atoms with Gasteiger partial charge in [-0.25, -0.2) is 13.2 Å². The molecule has 1 aromatic heterocycles. The van der Waals surface area contributed by atoms with Gasteiger partial charge in [-0.15, -0.1) is 0 Å². The van der Waals surface area contributed by atoms with Crippen molar-refractivity contribution in [3.05, 3.63) is 77.2 Å². The fourth-order valence-corrected chi connectivity index (χ4v) is 4.83. The third-order valence-corrected chi connectivity index (χ3v) is 6.56. The molecule has 2 aromatic carbocycles. The maximum atomic E-state index is 15.2. The second-order valence-electron chi connectivity index (χ2n) is 8.67. The van der Waals surface area contributed by atoms with Crippen molar-refractivity contribution in [2.75, 3.05) is 33.4 Å². The van der Waals surface area contributed by atoms with Gasteiger partial charge in [0.1, 0.15) is 28.6 Å². The predicted molar refractivity (Wildman–Crippen MR) is 125 cm³/mol. The molecule has 2 N–H and O–H groups in total. The minimum atomic E-state index is -1.35. The number of nitrogens with zero attached hydrogens (tertiary/aromatic N) is 2. The lowest BCUT2D eigenvalue weighted by molar-refractivity contribution is -0.163. The number of carboxylic acids is 1. The summed E-state index contributed by atoms with van der Waals surface area (Å²) in [7, 11) is 1.48. The van der Waals surface area contributed by atoms with Crippen LogP contribution in [0.1, 0.15) is 23.5 Å². The van der Waals surface area contributed by atoms with E-state index in [1.165, 1.54) is 13.2 Å². The zero-order valence-electron chi connectivity index (χ0n) is 19.0. The average molecular weight is 486 g/mol. The maximum absolute atomic E-state index is 15.2.